The van der Waals surface area contributed by atoms with Gasteiger partial charge in [0.05, 0.1) is 18.0 Å². The zero-order valence-corrected chi connectivity index (χ0v) is 17.5. The summed E-state index contributed by atoms with van der Waals surface area (Å²) in [6.45, 7) is 2.18. The van der Waals surface area contributed by atoms with E-state index in [4.69, 9.17) is 4.74 Å². The second kappa shape index (κ2) is 6.71. The van der Waals surface area contributed by atoms with Crippen LogP contribution in [0, 0.1) is 0 Å². The number of piperidine rings is 1. The average molecular weight is 405 g/mol. The molecule has 1 spiro atoms. The zero-order valence-electron chi connectivity index (χ0n) is 17.5. The molecule has 4 heterocycles. The lowest BCUT2D eigenvalue weighted by Gasteiger charge is -2.43. The van der Waals surface area contributed by atoms with Gasteiger partial charge in [-0.25, -0.2) is 0 Å². The van der Waals surface area contributed by atoms with Gasteiger partial charge in [0, 0.05) is 36.6 Å². The van der Waals surface area contributed by atoms with Crippen molar-refractivity contribution in [2.45, 2.75) is 50.5 Å². The minimum Gasteiger partial charge on any atom is -0.368 e. The van der Waals surface area contributed by atoms with Crippen LogP contribution in [0.3, 0.4) is 0 Å². The molecule has 0 bridgehead atoms. The van der Waals surface area contributed by atoms with Gasteiger partial charge in [-0.2, -0.15) is 5.10 Å². The number of ether oxygens (including phenoxy) is 1. The fraction of sp³-hybridized carbons (Fsp3) is 0.500. The third kappa shape index (κ3) is 2.59. The second-order valence-corrected chi connectivity index (χ2v) is 9.01. The summed E-state index contributed by atoms with van der Waals surface area (Å²) in [6, 6.07) is 8.53. The number of likely N-dealkylation sites (tertiary alicyclic amines) is 1. The highest BCUT2D eigenvalue weighted by Gasteiger charge is 2.44. The van der Waals surface area contributed by atoms with Gasteiger partial charge in [0.25, 0.3) is 5.91 Å². The van der Waals surface area contributed by atoms with Crippen LogP contribution >= 0.6 is 0 Å². The third-order valence-electron chi connectivity index (χ3n) is 7.38. The number of fused-ring (bicyclic) bond motifs is 5. The molecule has 6 nitrogen and oxygen atoms in total. The lowest BCUT2D eigenvalue weighted by atomic mass is 9.83. The van der Waals surface area contributed by atoms with Crippen molar-refractivity contribution >= 4 is 16.8 Å². The lowest BCUT2D eigenvalue weighted by Crippen LogP contribution is -2.48. The number of H-pyrrole nitrogens is 1. The molecule has 0 radical (unpaired) electrons. The Morgan fingerprint density at radius 3 is 2.77 bits per heavy atom. The number of aromatic amines is 1. The number of hydrogen-bond donors (Lipinski definition) is 1. The maximum Gasteiger partial charge on any atom is 0.272 e. The highest BCUT2D eigenvalue weighted by atomic mass is 16.5. The van der Waals surface area contributed by atoms with E-state index in [1.807, 2.05) is 16.6 Å². The van der Waals surface area contributed by atoms with Crippen molar-refractivity contribution in [3.63, 3.8) is 0 Å². The summed E-state index contributed by atoms with van der Waals surface area (Å²) in [6.07, 6.45) is 6.91. The molecule has 1 aliphatic carbocycles. The molecule has 30 heavy (non-hydrogen) atoms. The van der Waals surface area contributed by atoms with E-state index in [1.54, 1.807) is 0 Å². The lowest BCUT2D eigenvalue weighted by molar-refractivity contribution is -0.0958. The van der Waals surface area contributed by atoms with Gasteiger partial charge in [-0.3, -0.25) is 9.48 Å². The monoisotopic (exact) mass is 404 g/mol. The highest BCUT2D eigenvalue weighted by molar-refractivity contribution is 5.94. The smallest absolute Gasteiger partial charge is 0.272 e. The molecular formula is C24H28N4O2. The number of carbonyl (C=O) groups excluding carboxylic acids is 1. The van der Waals surface area contributed by atoms with Crippen LogP contribution in [0.4, 0.5) is 0 Å². The fourth-order valence-corrected chi connectivity index (χ4v) is 5.83. The molecule has 0 saturated carbocycles. The molecule has 2 aliphatic heterocycles. The molecule has 156 valence electrons. The largest absolute Gasteiger partial charge is 0.368 e. The normalized spacial score (nSPS) is 20.4. The number of amides is 1. The summed E-state index contributed by atoms with van der Waals surface area (Å²) in [5, 5.41) is 5.96. The molecule has 3 aliphatic rings. The van der Waals surface area contributed by atoms with Gasteiger partial charge in [0.1, 0.15) is 11.3 Å². The minimum atomic E-state index is -0.296. The van der Waals surface area contributed by atoms with E-state index >= 15 is 0 Å². The van der Waals surface area contributed by atoms with Crippen LogP contribution < -0.4 is 0 Å². The predicted octanol–water partition coefficient (Wildman–Crippen LogP) is 3.48. The standard InChI is InChI=1S/C24H28N4O2/c1-27-21(18-7-3-5-9-20(18)26-27)23(29)28-13-11-24(12-14-28)22-17(10-15-30-24)16-6-2-4-8-19(16)25-22/h2,4,6,8,25H,3,5,7,9-15H2,1H3. The van der Waals surface area contributed by atoms with Crippen LogP contribution in [0.15, 0.2) is 24.3 Å². The summed E-state index contributed by atoms with van der Waals surface area (Å²) in [7, 11) is 1.91. The van der Waals surface area contributed by atoms with Gasteiger partial charge in [-0.1, -0.05) is 18.2 Å². The number of benzene rings is 1. The Morgan fingerprint density at radius 1 is 1.10 bits per heavy atom. The van der Waals surface area contributed by atoms with Gasteiger partial charge in [-0.15, -0.1) is 0 Å². The molecule has 3 aromatic rings. The van der Waals surface area contributed by atoms with E-state index in [9.17, 15) is 4.79 Å². The third-order valence-corrected chi connectivity index (χ3v) is 7.38. The van der Waals surface area contributed by atoms with Crippen molar-refractivity contribution in [3.05, 3.63) is 52.5 Å². The summed E-state index contributed by atoms with van der Waals surface area (Å²) < 4.78 is 8.22. The Labute approximate surface area is 176 Å². The van der Waals surface area contributed by atoms with E-state index in [2.05, 4.69) is 34.3 Å². The zero-order chi connectivity index (χ0) is 20.3. The predicted molar refractivity (Wildman–Crippen MR) is 115 cm³/mol. The Balaban J connectivity index is 1.28. The fourth-order valence-electron chi connectivity index (χ4n) is 5.83. The number of nitrogens with one attached hydrogen (secondary N) is 1. The van der Waals surface area contributed by atoms with E-state index in [0.717, 1.165) is 56.5 Å². The van der Waals surface area contributed by atoms with E-state index < -0.39 is 0 Å². The number of carbonyl (C=O) groups is 1. The topological polar surface area (TPSA) is 63.1 Å². The first-order valence-corrected chi connectivity index (χ1v) is 11.2. The van der Waals surface area contributed by atoms with Crippen LogP contribution in [-0.4, -0.2) is 45.3 Å². The van der Waals surface area contributed by atoms with Gasteiger partial charge in [-0.05, 0) is 56.6 Å². The van der Waals surface area contributed by atoms with Gasteiger partial charge < -0.3 is 14.6 Å². The van der Waals surface area contributed by atoms with Crippen molar-refractivity contribution in [1.82, 2.24) is 19.7 Å². The number of para-hydroxylation sites is 1. The summed E-state index contributed by atoms with van der Waals surface area (Å²) in [5.74, 6) is 0.135. The SMILES string of the molecule is Cn1nc2c(c1C(=O)N1CCC3(CC1)OCCc1c3[nH]c3ccccc13)CCCC2. The molecule has 0 atom stereocenters. The molecule has 6 rings (SSSR count). The molecule has 1 fully saturated rings. The van der Waals surface area contributed by atoms with Gasteiger partial charge in [0.2, 0.25) is 0 Å². The van der Waals surface area contributed by atoms with Crippen LogP contribution in [0.2, 0.25) is 0 Å². The van der Waals surface area contributed by atoms with Crippen LogP contribution in [-0.2, 0) is 36.6 Å². The molecule has 1 aromatic carbocycles. The first kappa shape index (κ1) is 18.2. The average Bonchev–Trinajstić information content (AvgIpc) is 3.32. The molecule has 6 heteroatoms. The minimum absolute atomic E-state index is 0.135. The summed E-state index contributed by atoms with van der Waals surface area (Å²) in [4.78, 5) is 19.1. The van der Waals surface area contributed by atoms with Crippen LogP contribution in [0.1, 0.15) is 58.7 Å². The molecule has 1 amide bonds. The number of nitrogens with zero attached hydrogens (tertiary/aromatic N) is 3. The van der Waals surface area contributed by atoms with Gasteiger partial charge >= 0.3 is 0 Å². The van der Waals surface area contributed by atoms with Crippen molar-refractivity contribution < 1.29 is 9.53 Å². The molecule has 1 N–H and O–H groups in total. The maximum atomic E-state index is 13.4. The van der Waals surface area contributed by atoms with Gasteiger partial charge in [0.15, 0.2) is 0 Å². The Hall–Kier alpha value is -2.60. The summed E-state index contributed by atoms with van der Waals surface area (Å²) >= 11 is 0. The molecular weight excluding hydrogens is 376 g/mol. The number of aromatic nitrogens is 3. The Morgan fingerprint density at radius 2 is 1.90 bits per heavy atom. The molecule has 2 aromatic heterocycles. The Bertz CT molecular complexity index is 1130. The van der Waals surface area contributed by atoms with E-state index in [-0.39, 0.29) is 11.5 Å². The second-order valence-electron chi connectivity index (χ2n) is 9.01. The van der Waals surface area contributed by atoms with Crippen LogP contribution in [0.5, 0.6) is 0 Å². The number of hydrogen-bond acceptors (Lipinski definition) is 3. The van der Waals surface area contributed by atoms with Crippen LogP contribution in [0.25, 0.3) is 10.9 Å². The Kier molecular flexibility index (Phi) is 4.07. The van der Waals surface area contributed by atoms with E-state index in [0.29, 0.717) is 13.1 Å². The van der Waals surface area contributed by atoms with Crippen molar-refractivity contribution in [3.8, 4) is 0 Å². The molecule has 1 saturated heterocycles. The number of rotatable bonds is 1. The highest BCUT2D eigenvalue weighted by Crippen LogP contribution is 2.43. The van der Waals surface area contributed by atoms with E-state index in [1.165, 1.54) is 34.1 Å². The first-order chi connectivity index (χ1) is 14.7. The quantitative estimate of drug-likeness (QED) is 0.675. The maximum absolute atomic E-state index is 13.4. The van der Waals surface area contributed by atoms with Crippen molar-refractivity contribution in [2.24, 2.45) is 7.05 Å². The van der Waals surface area contributed by atoms with Crippen molar-refractivity contribution in [2.75, 3.05) is 19.7 Å². The first-order valence-electron chi connectivity index (χ1n) is 11.2. The molecule has 0 unspecified atom stereocenters. The number of aryl methyl sites for hydroxylation is 2. The van der Waals surface area contributed by atoms with Crippen molar-refractivity contribution in [1.29, 1.82) is 0 Å². The summed E-state index contributed by atoms with van der Waals surface area (Å²) in [5.41, 5.74) is 6.64.